The van der Waals surface area contributed by atoms with E-state index in [0.717, 1.165) is 12.3 Å². The molecule has 3 heteroatoms. The monoisotopic (exact) mass is 307 g/mol. The van der Waals surface area contributed by atoms with Crippen LogP contribution in [0.1, 0.15) is 39.3 Å². The van der Waals surface area contributed by atoms with E-state index in [9.17, 15) is 0 Å². The second-order valence-corrected chi connectivity index (χ2v) is 5.83. The van der Waals surface area contributed by atoms with Crippen LogP contribution in [0.15, 0.2) is 36.4 Å². The second kappa shape index (κ2) is 9.50. The molecule has 0 saturated carbocycles. The normalized spacial score (nSPS) is 12.2. The molecule has 0 aromatic heterocycles. The summed E-state index contributed by atoms with van der Waals surface area (Å²) < 4.78 is 5.23. The minimum absolute atomic E-state index is 0. The number of nitrogens with one attached hydrogen (secondary N) is 1. The van der Waals surface area contributed by atoms with Gasteiger partial charge >= 0.3 is 0 Å². The molecule has 0 aliphatic rings. The predicted octanol–water partition coefficient (Wildman–Crippen LogP) is 4.37. The number of methoxy groups -OCH3 is 1. The van der Waals surface area contributed by atoms with Crippen molar-refractivity contribution in [2.45, 2.75) is 33.7 Å². The van der Waals surface area contributed by atoms with Gasteiger partial charge in [-0.25, -0.2) is 0 Å². The van der Waals surface area contributed by atoms with Crippen LogP contribution in [-0.2, 0) is 0 Å². The van der Waals surface area contributed by atoms with Crippen LogP contribution in [0.3, 0.4) is 0 Å². The number of hydrogen-bond donors (Lipinski definition) is 1. The van der Waals surface area contributed by atoms with Gasteiger partial charge in [-0.2, -0.15) is 0 Å². The van der Waals surface area contributed by atoms with Crippen LogP contribution >= 0.6 is 12.4 Å². The Labute approximate surface area is 135 Å². The number of rotatable bonds is 5. The summed E-state index contributed by atoms with van der Waals surface area (Å²) in [6, 6.07) is 8.41. The summed E-state index contributed by atoms with van der Waals surface area (Å²) in [6.45, 7) is 9.27. The van der Waals surface area contributed by atoms with Crippen LogP contribution in [0.25, 0.3) is 0 Å². The van der Waals surface area contributed by atoms with Gasteiger partial charge in [-0.1, -0.05) is 30.0 Å². The molecule has 1 aromatic carbocycles. The Hall–Kier alpha value is -1.43. The molecular formula is C18H26ClNO. The van der Waals surface area contributed by atoms with Gasteiger partial charge in [0.05, 0.1) is 7.11 Å². The number of hydrogen-bond acceptors (Lipinski definition) is 2. The molecule has 0 heterocycles. The van der Waals surface area contributed by atoms with Gasteiger partial charge in [0, 0.05) is 18.0 Å². The third-order valence-corrected chi connectivity index (χ3v) is 2.78. The van der Waals surface area contributed by atoms with Crippen molar-refractivity contribution in [2.24, 2.45) is 5.41 Å². The quantitative estimate of drug-likeness (QED) is 0.815. The highest BCUT2D eigenvalue weighted by Gasteiger charge is 2.04. The highest BCUT2D eigenvalue weighted by atomic mass is 35.5. The molecule has 0 saturated heterocycles. The number of halogens is 1. The fourth-order valence-electron chi connectivity index (χ4n) is 1.65. The van der Waals surface area contributed by atoms with E-state index in [0.29, 0.717) is 0 Å². The first-order valence-electron chi connectivity index (χ1n) is 6.97. The van der Waals surface area contributed by atoms with Gasteiger partial charge < -0.3 is 10.1 Å². The summed E-state index contributed by atoms with van der Waals surface area (Å²) in [5.74, 6) is 7.13. The lowest BCUT2D eigenvalue weighted by Crippen LogP contribution is -2.18. The third kappa shape index (κ3) is 8.45. The molecule has 0 aliphatic heterocycles. The second-order valence-electron chi connectivity index (χ2n) is 5.83. The van der Waals surface area contributed by atoms with Crippen LogP contribution < -0.4 is 10.1 Å². The van der Waals surface area contributed by atoms with E-state index in [1.54, 1.807) is 7.11 Å². The summed E-state index contributed by atoms with van der Waals surface area (Å²) in [7, 11) is 1.69. The van der Waals surface area contributed by atoms with Crippen LogP contribution in [0, 0.1) is 17.3 Å². The first-order valence-corrected chi connectivity index (χ1v) is 6.97. The first kappa shape index (κ1) is 19.6. The lowest BCUT2D eigenvalue weighted by Gasteiger charge is -2.13. The zero-order chi connectivity index (χ0) is 15.0. The lowest BCUT2D eigenvalue weighted by molar-refractivity contribution is 0.413. The molecule has 2 nitrogen and oxygen atoms in total. The highest BCUT2D eigenvalue weighted by Crippen LogP contribution is 2.18. The average Bonchev–Trinajstić information content (AvgIpc) is 2.41. The molecule has 1 rings (SSSR count). The van der Waals surface area contributed by atoms with Crippen molar-refractivity contribution in [3.8, 4) is 17.6 Å². The van der Waals surface area contributed by atoms with E-state index in [1.165, 1.54) is 5.56 Å². The molecule has 0 spiro atoms. The number of allylic oxidation sites excluding steroid dienone is 1. The summed E-state index contributed by atoms with van der Waals surface area (Å²) in [5, 5.41) is 3.44. The van der Waals surface area contributed by atoms with Crippen molar-refractivity contribution < 1.29 is 4.74 Å². The molecule has 21 heavy (non-hydrogen) atoms. The van der Waals surface area contributed by atoms with E-state index < -0.39 is 0 Å². The molecule has 0 bridgehead atoms. The van der Waals surface area contributed by atoms with Crippen molar-refractivity contribution >= 4 is 12.4 Å². The summed E-state index contributed by atoms with van der Waals surface area (Å²) >= 11 is 0. The molecule has 0 aliphatic carbocycles. The van der Waals surface area contributed by atoms with Crippen molar-refractivity contribution in [3.05, 3.63) is 42.0 Å². The summed E-state index contributed by atoms with van der Waals surface area (Å²) in [4.78, 5) is 0. The minimum atomic E-state index is 0. The van der Waals surface area contributed by atoms with Crippen LogP contribution in [0.4, 0.5) is 0 Å². The van der Waals surface area contributed by atoms with Crippen molar-refractivity contribution in [3.63, 3.8) is 0 Å². The Kier molecular flexibility index (Phi) is 8.85. The largest absolute Gasteiger partial charge is 0.497 e. The van der Waals surface area contributed by atoms with Crippen LogP contribution in [0.2, 0.25) is 0 Å². The fourth-order valence-corrected chi connectivity index (χ4v) is 1.65. The van der Waals surface area contributed by atoms with Gasteiger partial charge in [0.25, 0.3) is 0 Å². The maximum absolute atomic E-state index is 5.23. The molecule has 0 fully saturated rings. The van der Waals surface area contributed by atoms with Gasteiger partial charge in [-0.3, -0.25) is 0 Å². The minimum Gasteiger partial charge on any atom is -0.497 e. The van der Waals surface area contributed by atoms with Gasteiger partial charge in [-0.15, -0.1) is 12.4 Å². The smallest absolute Gasteiger partial charge is 0.119 e. The van der Waals surface area contributed by atoms with E-state index >= 15 is 0 Å². The maximum Gasteiger partial charge on any atom is 0.119 e. The molecule has 0 amide bonds. The molecule has 116 valence electrons. The van der Waals surface area contributed by atoms with Crippen molar-refractivity contribution in [1.82, 2.24) is 5.32 Å². The van der Waals surface area contributed by atoms with Crippen molar-refractivity contribution in [1.29, 1.82) is 0 Å². The Morgan fingerprint density at radius 1 is 1.33 bits per heavy atom. The Morgan fingerprint density at radius 2 is 2.05 bits per heavy atom. The van der Waals surface area contributed by atoms with Gasteiger partial charge in [-0.05, 0) is 51.5 Å². The standard InChI is InChI=1S/C18H25NO.ClH/c1-15(16-10-9-11-17(14-16)20-5)19-13-8-6-7-12-18(2,3)4;/h6,8-11,14-15,19H,13H2,1-5H3;1H/b8-6-;/t15-;/m1./s1. The predicted molar refractivity (Wildman–Crippen MR) is 93.0 cm³/mol. The zero-order valence-corrected chi connectivity index (χ0v) is 14.4. The molecule has 0 radical (unpaired) electrons. The van der Waals surface area contributed by atoms with E-state index in [4.69, 9.17) is 4.74 Å². The summed E-state index contributed by atoms with van der Waals surface area (Å²) in [5.41, 5.74) is 1.28. The van der Waals surface area contributed by atoms with E-state index in [2.05, 4.69) is 63.1 Å². The van der Waals surface area contributed by atoms with Gasteiger partial charge in [0.1, 0.15) is 5.75 Å². The molecular weight excluding hydrogens is 282 g/mol. The van der Waals surface area contributed by atoms with E-state index in [1.807, 2.05) is 18.2 Å². The highest BCUT2D eigenvalue weighted by molar-refractivity contribution is 5.85. The summed E-state index contributed by atoms with van der Waals surface area (Å²) in [6.07, 6.45) is 3.96. The Morgan fingerprint density at radius 3 is 2.67 bits per heavy atom. The number of ether oxygens (including phenoxy) is 1. The Balaban J connectivity index is 0.00000400. The van der Waals surface area contributed by atoms with Crippen LogP contribution in [-0.4, -0.2) is 13.7 Å². The SMILES string of the molecule is COc1cccc([C@@H](C)NC/C=C\C#CC(C)(C)C)c1.Cl. The molecule has 0 unspecified atom stereocenters. The van der Waals surface area contributed by atoms with Crippen LogP contribution in [0.5, 0.6) is 5.75 Å². The molecule has 1 atom stereocenters. The topological polar surface area (TPSA) is 21.3 Å². The van der Waals surface area contributed by atoms with Gasteiger partial charge in [0.2, 0.25) is 0 Å². The fraction of sp³-hybridized carbons (Fsp3) is 0.444. The first-order chi connectivity index (χ1) is 9.42. The molecule has 1 N–H and O–H groups in total. The molecule has 1 aromatic rings. The Bertz CT molecular complexity index is 506. The zero-order valence-electron chi connectivity index (χ0n) is 13.6. The maximum atomic E-state index is 5.23. The van der Waals surface area contributed by atoms with Crippen molar-refractivity contribution in [2.75, 3.05) is 13.7 Å². The third-order valence-electron chi connectivity index (χ3n) is 2.78. The number of benzene rings is 1. The average molecular weight is 308 g/mol. The lowest BCUT2D eigenvalue weighted by atomic mass is 9.98. The van der Waals surface area contributed by atoms with Gasteiger partial charge in [0.15, 0.2) is 0 Å². The van der Waals surface area contributed by atoms with E-state index in [-0.39, 0.29) is 23.9 Å².